The summed E-state index contributed by atoms with van der Waals surface area (Å²) < 4.78 is 30.1. The molecule has 2 N–H and O–H groups in total. The highest BCUT2D eigenvalue weighted by atomic mass is 32.2. The number of para-hydroxylation sites is 1. The van der Waals surface area contributed by atoms with Gasteiger partial charge in [-0.3, -0.25) is 0 Å². The number of nitrogens with two attached hydrogens (primary N) is 1. The van der Waals surface area contributed by atoms with E-state index in [-0.39, 0.29) is 10.6 Å². The Kier molecular flexibility index (Phi) is 3.27. The van der Waals surface area contributed by atoms with Gasteiger partial charge in [0.15, 0.2) is 0 Å². The lowest BCUT2D eigenvalue weighted by atomic mass is 10.1. The molecule has 5 heteroatoms. The summed E-state index contributed by atoms with van der Waals surface area (Å²) in [5, 5.41) is 1.24. The average molecular weight is 299 g/mol. The minimum Gasteiger partial charge on any atom is -0.398 e. The van der Waals surface area contributed by atoms with Crippen molar-refractivity contribution in [2.45, 2.75) is 4.90 Å². The Balaban J connectivity index is 2.14. The zero-order valence-corrected chi connectivity index (χ0v) is 11.9. The molecular formula is C16H13NO3S. The normalized spacial score (nSPS) is 11.4. The van der Waals surface area contributed by atoms with Crippen LogP contribution >= 0.6 is 0 Å². The molecule has 0 saturated carbocycles. The Morgan fingerprint density at radius 1 is 0.762 bits per heavy atom. The molecule has 0 radical (unpaired) electrons. The van der Waals surface area contributed by atoms with Crippen LogP contribution in [0.3, 0.4) is 0 Å². The molecule has 0 bridgehead atoms. The van der Waals surface area contributed by atoms with E-state index in [0.717, 1.165) is 0 Å². The molecule has 4 nitrogen and oxygen atoms in total. The number of hydrogen-bond acceptors (Lipinski definition) is 4. The van der Waals surface area contributed by atoms with Crippen LogP contribution in [0.5, 0.6) is 5.75 Å². The van der Waals surface area contributed by atoms with Gasteiger partial charge in [0, 0.05) is 16.5 Å². The minimum absolute atomic E-state index is 0.108. The highest BCUT2D eigenvalue weighted by molar-refractivity contribution is 7.87. The van der Waals surface area contributed by atoms with Gasteiger partial charge in [-0.1, -0.05) is 42.5 Å². The molecule has 0 fully saturated rings. The van der Waals surface area contributed by atoms with E-state index < -0.39 is 10.1 Å². The summed E-state index contributed by atoms with van der Waals surface area (Å²) in [7, 11) is -3.91. The van der Waals surface area contributed by atoms with Crippen LogP contribution in [0.1, 0.15) is 0 Å². The van der Waals surface area contributed by atoms with Gasteiger partial charge in [-0.05, 0) is 24.3 Å². The maximum Gasteiger partial charge on any atom is 0.339 e. The maximum absolute atomic E-state index is 12.5. The van der Waals surface area contributed by atoms with Gasteiger partial charge in [-0.15, -0.1) is 0 Å². The molecule has 3 aromatic carbocycles. The number of hydrogen-bond donors (Lipinski definition) is 1. The van der Waals surface area contributed by atoms with Gasteiger partial charge in [-0.2, -0.15) is 8.42 Å². The smallest absolute Gasteiger partial charge is 0.339 e. The van der Waals surface area contributed by atoms with E-state index in [2.05, 4.69) is 0 Å². The van der Waals surface area contributed by atoms with Crippen molar-refractivity contribution in [2.24, 2.45) is 0 Å². The molecule has 0 spiro atoms. The topological polar surface area (TPSA) is 69.4 Å². The van der Waals surface area contributed by atoms with Crippen molar-refractivity contribution >= 4 is 26.6 Å². The minimum atomic E-state index is -3.91. The van der Waals surface area contributed by atoms with Gasteiger partial charge >= 0.3 is 10.1 Å². The highest BCUT2D eigenvalue weighted by Crippen LogP contribution is 2.28. The van der Waals surface area contributed by atoms with E-state index in [1.165, 1.54) is 6.07 Å². The van der Waals surface area contributed by atoms with E-state index in [4.69, 9.17) is 9.92 Å². The third-order valence-electron chi connectivity index (χ3n) is 3.13. The van der Waals surface area contributed by atoms with E-state index in [9.17, 15) is 8.42 Å². The van der Waals surface area contributed by atoms with Gasteiger partial charge in [0.1, 0.15) is 10.6 Å². The molecule has 0 saturated heterocycles. The van der Waals surface area contributed by atoms with Crippen LogP contribution in [0, 0.1) is 0 Å². The second-order valence-corrected chi connectivity index (χ2v) is 6.06. The van der Waals surface area contributed by atoms with Gasteiger partial charge in [0.05, 0.1) is 0 Å². The average Bonchev–Trinajstić information content (AvgIpc) is 2.48. The Morgan fingerprint density at radius 2 is 1.43 bits per heavy atom. The zero-order valence-electron chi connectivity index (χ0n) is 11.1. The number of anilines is 1. The van der Waals surface area contributed by atoms with Crippen LogP contribution in [-0.4, -0.2) is 8.42 Å². The van der Waals surface area contributed by atoms with Gasteiger partial charge in [0.25, 0.3) is 0 Å². The van der Waals surface area contributed by atoms with Gasteiger partial charge in [0.2, 0.25) is 0 Å². The van der Waals surface area contributed by atoms with Crippen molar-refractivity contribution in [3.05, 3.63) is 66.7 Å². The second-order valence-electron chi connectivity index (χ2n) is 4.55. The molecule has 0 aromatic heterocycles. The predicted molar refractivity (Wildman–Crippen MR) is 82.6 cm³/mol. The first-order chi connectivity index (χ1) is 10.1. The first-order valence-electron chi connectivity index (χ1n) is 6.35. The van der Waals surface area contributed by atoms with Crippen molar-refractivity contribution in [1.82, 2.24) is 0 Å². The number of nitrogen functional groups attached to an aromatic ring is 1. The second kappa shape index (κ2) is 5.10. The molecule has 0 aliphatic carbocycles. The van der Waals surface area contributed by atoms with E-state index in [1.807, 2.05) is 0 Å². The van der Waals surface area contributed by atoms with Crippen LogP contribution in [0.15, 0.2) is 71.6 Å². The molecule has 106 valence electrons. The molecule has 0 aliphatic heterocycles. The lowest BCUT2D eigenvalue weighted by Crippen LogP contribution is -2.10. The van der Waals surface area contributed by atoms with Crippen molar-refractivity contribution in [3.8, 4) is 5.75 Å². The summed E-state index contributed by atoms with van der Waals surface area (Å²) >= 11 is 0. The predicted octanol–water partition coefficient (Wildman–Crippen LogP) is 3.19. The van der Waals surface area contributed by atoms with E-state index in [0.29, 0.717) is 16.5 Å². The number of benzene rings is 3. The summed E-state index contributed by atoms with van der Waals surface area (Å²) in [6, 6.07) is 18.5. The lowest BCUT2D eigenvalue weighted by molar-refractivity contribution is 0.487. The van der Waals surface area contributed by atoms with Crippen LogP contribution in [0.25, 0.3) is 10.8 Å². The van der Waals surface area contributed by atoms with Gasteiger partial charge < -0.3 is 9.92 Å². The zero-order chi connectivity index (χ0) is 14.9. The molecule has 0 unspecified atom stereocenters. The molecule has 0 aliphatic rings. The largest absolute Gasteiger partial charge is 0.398 e. The Bertz CT molecular complexity index is 890. The molecule has 3 aromatic rings. The summed E-state index contributed by atoms with van der Waals surface area (Å²) in [4.78, 5) is 0.108. The van der Waals surface area contributed by atoms with Crippen LogP contribution in [-0.2, 0) is 10.1 Å². The monoisotopic (exact) mass is 299 g/mol. The fraction of sp³-hybridized carbons (Fsp3) is 0. The first-order valence-corrected chi connectivity index (χ1v) is 7.75. The fourth-order valence-electron chi connectivity index (χ4n) is 2.17. The van der Waals surface area contributed by atoms with E-state index in [1.54, 1.807) is 60.7 Å². The molecule has 0 heterocycles. The SMILES string of the molecule is Nc1cccc2c(S(=O)(=O)Oc3ccccc3)cccc12. The summed E-state index contributed by atoms with van der Waals surface area (Å²) in [5.74, 6) is 0.276. The first kappa shape index (κ1) is 13.5. The summed E-state index contributed by atoms with van der Waals surface area (Å²) in [5.41, 5.74) is 6.42. The van der Waals surface area contributed by atoms with Crippen LogP contribution in [0.2, 0.25) is 0 Å². The molecule has 0 amide bonds. The highest BCUT2D eigenvalue weighted by Gasteiger charge is 2.19. The third-order valence-corrected chi connectivity index (χ3v) is 4.44. The Morgan fingerprint density at radius 3 is 2.19 bits per heavy atom. The van der Waals surface area contributed by atoms with Crippen LogP contribution in [0.4, 0.5) is 5.69 Å². The standard InChI is InChI=1S/C16H13NO3S/c17-15-10-4-9-14-13(15)8-5-11-16(14)21(18,19)20-12-6-2-1-3-7-12/h1-11H,17H2. The van der Waals surface area contributed by atoms with Crippen molar-refractivity contribution in [1.29, 1.82) is 0 Å². The number of fused-ring (bicyclic) bond motifs is 1. The molecule has 3 rings (SSSR count). The molecule has 0 atom stereocenters. The third kappa shape index (κ3) is 2.55. The maximum atomic E-state index is 12.5. The summed E-state index contributed by atoms with van der Waals surface area (Å²) in [6.07, 6.45) is 0. The van der Waals surface area contributed by atoms with Crippen LogP contribution < -0.4 is 9.92 Å². The van der Waals surface area contributed by atoms with Crippen molar-refractivity contribution < 1.29 is 12.6 Å². The van der Waals surface area contributed by atoms with Gasteiger partial charge in [-0.25, -0.2) is 0 Å². The molecular weight excluding hydrogens is 286 g/mol. The Labute approximate surface area is 122 Å². The fourth-order valence-corrected chi connectivity index (χ4v) is 3.32. The van der Waals surface area contributed by atoms with Crippen molar-refractivity contribution in [3.63, 3.8) is 0 Å². The number of rotatable bonds is 3. The Hall–Kier alpha value is -2.53. The molecule has 21 heavy (non-hydrogen) atoms. The van der Waals surface area contributed by atoms with Crippen molar-refractivity contribution in [2.75, 3.05) is 5.73 Å². The van der Waals surface area contributed by atoms with E-state index >= 15 is 0 Å². The summed E-state index contributed by atoms with van der Waals surface area (Å²) in [6.45, 7) is 0. The quantitative estimate of drug-likeness (QED) is 0.595. The lowest BCUT2D eigenvalue weighted by Gasteiger charge is -2.10.